The molecular formula is C22H25ClFN. The second-order valence-corrected chi connectivity index (χ2v) is 7.34. The van der Waals surface area contributed by atoms with Gasteiger partial charge in [0.05, 0.1) is 10.7 Å². The monoisotopic (exact) mass is 357 g/mol. The predicted octanol–water partition coefficient (Wildman–Crippen LogP) is 7.17. The molecule has 0 atom stereocenters. The molecule has 1 fully saturated rings. The smallest absolute Gasteiger partial charge is 0.142 e. The summed E-state index contributed by atoms with van der Waals surface area (Å²) in [4.78, 5) is 4.55. The maximum absolute atomic E-state index is 13.6. The molecule has 1 aromatic heterocycles. The third kappa shape index (κ3) is 4.70. The molecular weight excluding hydrogens is 333 g/mol. The van der Waals surface area contributed by atoms with Crippen LogP contribution in [0.25, 0.3) is 11.3 Å². The van der Waals surface area contributed by atoms with Crippen LogP contribution in [-0.4, -0.2) is 4.98 Å². The molecule has 2 aromatic rings. The third-order valence-corrected chi connectivity index (χ3v) is 5.42. The molecule has 0 radical (unpaired) electrons. The Bertz CT molecular complexity index is 715. The lowest BCUT2D eigenvalue weighted by atomic mass is 9.79. The summed E-state index contributed by atoms with van der Waals surface area (Å²) < 4.78 is 13.6. The number of allylic oxidation sites excluding steroid dienone is 2. The van der Waals surface area contributed by atoms with Crippen LogP contribution in [0.4, 0.5) is 4.39 Å². The summed E-state index contributed by atoms with van der Waals surface area (Å²) in [6.07, 6.45) is 14.1. The van der Waals surface area contributed by atoms with Crippen molar-refractivity contribution in [1.82, 2.24) is 4.98 Å². The zero-order valence-corrected chi connectivity index (χ0v) is 15.5. The molecule has 1 aliphatic rings. The molecule has 1 aliphatic carbocycles. The molecule has 1 aromatic carbocycles. The van der Waals surface area contributed by atoms with Gasteiger partial charge in [0.1, 0.15) is 5.82 Å². The van der Waals surface area contributed by atoms with E-state index in [-0.39, 0.29) is 5.02 Å². The van der Waals surface area contributed by atoms with Gasteiger partial charge in [-0.2, -0.15) is 0 Å². The van der Waals surface area contributed by atoms with E-state index in [0.717, 1.165) is 17.2 Å². The van der Waals surface area contributed by atoms with Gasteiger partial charge in [0.25, 0.3) is 0 Å². The van der Waals surface area contributed by atoms with Crippen molar-refractivity contribution in [3.8, 4) is 11.3 Å². The molecule has 0 spiro atoms. The topological polar surface area (TPSA) is 12.9 Å². The summed E-state index contributed by atoms with van der Waals surface area (Å²) in [5.74, 6) is 0.936. The van der Waals surface area contributed by atoms with E-state index in [1.807, 2.05) is 12.3 Å². The van der Waals surface area contributed by atoms with Gasteiger partial charge in [-0.25, -0.2) is 4.39 Å². The Morgan fingerprint density at radius 2 is 1.96 bits per heavy atom. The standard InChI is InChI=1S/C22H25ClFN/c1-2-3-4-5-16-6-8-17(9-7-16)19-11-13-22(25-15-19)18-10-12-20(23)21(24)14-18/h4-5,10-17H,2-3,6-9H2,1H3. The van der Waals surface area contributed by atoms with E-state index >= 15 is 0 Å². The lowest BCUT2D eigenvalue weighted by Gasteiger charge is -2.27. The van der Waals surface area contributed by atoms with Gasteiger partial charge in [-0.15, -0.1) is 0 Å². The molecule has 3 heteroatoms. The first-order valence-electron chi connectivity index (χ1n) is 9.25. The van der Waals surface area contributed by atoms with Gasteiger partial charge in [-0.05, 0) is 67.7 Å². The Kier molecular flexibility index (Phi) is 6.25. The molecule has 0 aliphatic heterocycles. The average molecular weight is 358 g/mol. The molecule has 1 saturated carbocycles. The molecule has 25 heavy (non-hydrogen) atoms. The number of unbranched alkanes of at least 4 members (excludes halogenated alkanes) is 1. The number of benzene rings is 1. The molecule has 1 heterocycles. The molecule has 0 bridgehead atoms. The quantitative estimate of drug-likeness (QED) is 0.517. The van der Waals surface area contributed by atoms with Crippen molar-refractivity contribution < 1.29 is 4.39 Å². The minimum Gasteiger partial charge on any atom is -0.256 e. The van der Waals surface area contributed by atoms with Crippen LogP contribution in [0.2, 0.25) is 5.02 Å². The van der Waals surface area contributed by atoms with Crippen LogP contribution in [0.5, 0.6) is 0 Å². The molecule has 0 N–H and O–H groups in total. The third-order valence-electron chi connectivity index (χ3n) is 5.11. The predicted molar refractivity (Wildman–Crippen MR) is 103 cm³/mol. The summed E-state index contributed by atoms with van der Waals surface area (Å²) in [6, 6.07) is 8.96. The fourth-order valence-corrected chi connectivity index (χ4v) is 3.69. The van der Waals surface area contributed by atoms with Crippen LogP contribution in [0, 0.1) is 11.7 Å². The Morgan fingerprint density at radius 3 is 2.60 bits per heavy atom. The lowest BCUT2D eigenvalue weighted by molar-refractivity contribution is 0.375. The second-order valence-electron chi connectivity index (χ2n) is 6.93. The largest absolute Gasteiger partial charge is 0.256 e. The highest BCUT2D eigenvalue weighted by molar-refractivity contribution is 6.30. The zero-order chi connectivity index (χ0) is 17.6. The van der Waals surface area contributed by atoms with E-state index in [0.29, 0.717) is 5.92 Å². The number of hydrogen-bond donors (Lipinski definition) is 0. The van der Waals surface area contributed by atoms with Crippen molar-refractivity contribution in [3.05, 3.63) is 65.1 Å². The molecule has 0 saturated heterocycles. The van der Waals surface area contributed by atoms with Crippen LogP contribution >= 0.6 is 11.6 Å². The summed E-state index contributed by atoms with van der Waals surface area (Å²) in [7, 11) is 0. The number of aromatic nitrogens is 1. The first kappa shape index (κ1) is 18.1. The number of nitrogens with zero attached hydrogens (tertiary/aromatic N) is 1. The molecule has 3 rings (SSSR count). The van der Waals surface area contributed by atoms with Crippen LogP contribution < -0.4 is 0 Å². The Morgan fingerprint density at radius 1 is 1.16 bits per heavy atom. The number of hydrogen-bond acceptors (Lipinski definition) is 1. The second kappa shape index (κ2) is 8.62. The van der Waals surface area contributed by atoms with Crippen molar-refractivity contribution in [2.45, 2.75) is 51.4 Å². The summed E-state index contributed by atoms with van der Waals surface area (Å²) >= 11 is 5.75. The fraction of sp³-hybridized carbons (Fsp3) is 0.409. The van der Waals surface area contributed by atoms with Crippen molar-refractivity contribution >= 4 is 11.6 Å². The average Bonchev–Trinajstić information content (AvgIpc) is 2.65. The maximum Gasteiger partial charge on any atom is 0.142 e. The number of rotatable bonds is 5. The van der Waals surface area contributed by atoms with Crippen molar-refractivity contribution in [2.75, 3.05) is 0 Å². The number of halogens is 2. The Labute approximate surface area is 154 Å². The van der Waals surface area contributed by atoms with Crippen molar-refractivity contribution in [1.29, 1.82) is 0 Å². The minimum atomic E-state index is -0.403. The van der Waals surface area contributed by atoms with Crippen molar-refractivity contribution in [3.63, 3.8) is 0 Å². The van der Waals surface area contributed by atoms with E-state index in [2.05, 4.69) is 30.1 Å². The highest BCUT2D eigenvalue weighted by Gasteiger charge is 2.21. The molecule has 0 amide bonds. The van der Waals surface area contributed by atoms with Gasteiger partial charge in [-0.1, -0.05) is 49.2 Å². The normalized spacial score (nSPS) is 20.9. The van der Waals surface area contributed by atoms with Crippen LogP contribution in [-0.2, 0) is 0 Å². The zero-order valence-electron chi connectivity index (χ0n) is 14.7. The van der Waals surface area contributed by atoms with Gasteiger partial charge >= 0.3 is 0 Å². The lowest BCUT2D eigenvalue weighted by Crippen LogP contribution is -2.12. The van der Waals surface area contributed by atoms with Crippen LogP contribution in [0.1, 0.15) is 56.9 Å². The highest BCUT2D eigenvalue weighted by Crippen LogP contribution is 2.36. The first-order chi connectivity index (χ1) is 12.2. The fourth-order valence-electron chi connectivity index (χ4n) is 3.57. The Hall–Kier alpha value is -1.67. The first-order valence-corrected chi connectivity index (χ1v) is 9.63. The molecule has 132 valence electrons. The maximum atomic E-state index is 13.6. The Balaban J connectivity index is 1.62. The summed E-state index contributed by atoms with van der Waals surface area (Å²) in [6.45, 7) is 2.22. The summed E-state index contributed by atoms with van der Waals surface area (Å²) in [5, 5.41) is 0.144. The molecule has 1 nitrogen and oxygen atoms in total. The van der Waals surface area contributed by atoms with E-state index in [1.54, 1.807) is 12.1 Å². The minimum absolute atomic E-state index is 0.144. The highest BCUT2D eigenvalue weighted by atomic mass is 35.5. The van der Waals surface area contributed by atoms with Crippen molar-refractivity contribution in [2.24, 2.45) is 5.92 Å². The molecule has 0 unspecified atom stereocenters. The van der Waals surface area contributed by atoms with Gasteiger partial charge < -0.3 is 0 Å². The van der Waals surface area contributed by atoms with Gasteiger partial charge in [-0.3, -0.25) is 4.98 Å². The van der Waals surface area contributed by atoms with Gasteiger partial charge in [0.15, 0.2) is 0 Å². The van der Waals surface area contributed by atoms with Crippen LogP contribution in [0.15, 0.2) is 48.7 Å². The van der Waals surface area contributed by atoms with E-state index in [1.165, 1.54) is 50.2 Å². The van der Waals surface area contributed by atoms with E-state index in [4.69, 9.17) is 11.6 Å². The van der Waals surface area contributed by atoms with Gasteiger partial charge in [0, 0.05) is 11.8 Å². The summed E-state index contributed by atoms with van der Waals surface area (Å²) in [5.41, 5.74) is 2.85. The van der Waals surface area contributed by atoms with E-state index < -0.39 is 5.82 Å². The number of pyridine rings is 1. The SMILES string of the molecule is CCCC=CC1CCC(c2ccc(-c3ccc(Cl)c(F)c3)nc2)CC1. The van der Waals surface area contributed by atoms with E-state index in [9.17, 15) is 4.39 Å². The van der Waals surface area contributed by atoms with Gasteiger partial charge in [0.2, 0.25) is 0 Å². The van der Waals surface area contributed by atoms with Crippen LogP contribution in [0.3, 0.4) is 0 Å².